The van der Waals surface area contributed by atoms with Gasteiger partial charge in [0.15, 0.2) is 0 Å². The summed E-state index contributed by atoms with van der Waals surface area (Å²) in [5.74, 6) is 0.199. The van der Waals surface area contributed by atoms with E-state index in [1.165, 1.54) is 10.6 Å². The molecule has 0 amide bonds. The Bertz CT molecular complexity index is 1860. The van der Waals surface area contributed by atoms with Crippen molar-refractivity contribution in [1.82, 2.24) is 19.1 Å². The molecule has 39 heavy (non-hydrogen) atoms. The summed E-state index contributed by atoms with van der Waals surface area (Å²) in [6.45, 7) is -0.407. The number of nitrogens with two attached hydrogens (primary N) is 1. The number of halogens is 1. The molecule has 194 valence electrons. The molecule has 1 aliphatic rings. The van der Waals surface area contributed by atoms with Crippen LogP contribution >= 0.6 is 0 Å². The maximum Gasteiger partial charge on any atom is 0.265 e. The standard InChI is InChI=1S/C29H24FN7O2/c1-36-14-19(11-20(36)13-31)33-29-34-24(12-26(32)35-29)21-3-2-4-25(22(21)15-38)37-8-7-17-9-18(16-5-6-16)10-23(30)27(17)28(37)39/h2-4,7-12,14,16,38H,5-6,15H2,1H3,(H3,32,33,34,35). The second kappa shape index (κ2) is 9.38. The highest BCUT2D eigenvalue weighted by molar-refractivity contribution is 5.84. The van der Waals surface area contributed by atoms with Crippen molar-refractivity contribution in [2.24, 2.45) is 7.05 Å². The lowest BCUT2D eigenvalue weighted by molar-refractivity contribution is 0.282. The van der Waals surface area contributed by atoms with E-state index >= 15 is 4.39 Å². The molecule has 5 aromatic rings. The van der Waals surface area contributed by atoms with Gasteiger partial charge in [-0.1, -0.05) is 18.2 Å². The van der Waals surface area contributed by atoms with E-state index in [1.807, 2.05) is 6.07 Å². The molecular weight excluding hydrogens is 497 g/mol. The van der Waals surface area contributed by atoms with Gasteiger partial charge in [0.1, 0.15) is 23.4 Å². The molecule has 0 saturated heterocycles. The summed E-state index contributed by atoms with van der Waals surface area (Å²) in [7, 11) is 1.75. The Balaban J connectivity index is 1.44. The number of nitrogens with one attached hydrogen (secondary N) is 1. The molecule has 4 N–H and O–H groups in total. The number of aliphatic hydroxyl groups is 1. The van der Waals surface area contributed by atoms with Gasteiger partial charge in [0.2, 0.25) is 5.95 Å². The predicted molar refractivity (Wildman–Crippen MR) is 146 cm³/mol. The van der Waals surface area contributed by atoms with Crippen LogP contribution in [0.1, 0.15) is 35.6 Å². The second-order valence-corrected chi connectivity index (χ2v) is 9.66. The highest BCUT2D eigenvalue weighted by Gasteiger charge is 2.25. The first-order valence-electron chi connectivity index (χ1n) is 12.4. The van der Waals surface area contributed by atoms with Gasteiger partial charge in [-0.05, 0) is 54.0 Å². The van der Waals surface area contributed by atoms with E-state index in [0.29, 0.717) is 45.2 Å². The fourth-order valence-corrected chi connectivity index (χ4v) is 4.93. The zero-order valence-corrected chi connectivity index (χ0v) is 21.0. The van der Waals surface area contributed by atoms with E-state index in [4.69, 9.17) is 5.73 Å². The third-order valence-corrected chi connectivity index (χ3v) is 6.99. The van der Waals surface area contributed by atoms with E-state index in [1.54, 1.807) is 60.4 Å². The van der Waals surface area contributed by atoms with Crippen LogP contribution < -0.4 is 16.6 Å². The van der Waals surface area contributed by atoms with Gasteiger partial charge in [0.25, 0.3) is 5.56 Å². The summed E-state index contributed by atoms with van der Waals surface area (Å²) in [5, 5.41) is 23.2. The summed E-state index contributed by atoms with van der Waals surface area (Å²) in [5.41, 5.74) is 9.33. The van der Waals surface area contributed by atoms with E-state index in [2.05, 4.69) is 21.4 Å². The van der Waals surface area contributed by atoms with Gasteiger partial charge in [-0.15, -0.1) is 0 Å². The number of nitriles is 1. The summed E-state index contributed by atoms with van der Waals surface area (Å²) in [4.78, 5) is 22.3. The Morgan fingerprint density at radius 2 is 2.03 bits per heavy atom. The van der Waals surface area contributed by atoms with Gasteiger partial charge in [-0.25, -0.2) is 9.37 Å². The van der Waals surface area contributed by atoms with Crippen LogP contribution in [0.5, 0.6) is 0 Å². The van der Waals surface area contributed by atoms with Gasteiger partial charge in [0, 0.05) is 36.6 Å². The smallest absolute Gasteiger partial charge is 0.265 e. The van der Waals surface area contributed by atoms with Gasteiger partial charge >= 0.3 is 0 Å². The number of anilines is 3. The molecule has 1 fully saturated rings. The van der Waals surface area contributed by atoms with Gasteiger partial charge in [-0.3, -0.25) is 9.36 Å². The molecule has 0 bridgehead atoms. The van der Waals surface area contributed by atoms with E-state index in [-0.39, 0.29) is 17.2 Å². The van der Waals surface area contributed by atoms with Crippen molar-refractivity contribution < 1.29 is 9.50 Å². The second-order valence-electron chi connectivity index (χ2n) is 9.66. The molecule has 1 aliphatic carbocycles. The Morgan fingerprint density at radius 1 is 1.21 bits per heavy atom. The van der Waals surface area contributed by atoms with E-state index in [0.717, 1.165) is 18.4 Å². The Hall–Kier alpha value is -5.01. The molecule has 2 aromatic carbocycles. The van der Waals surface area contributed by atoms with E-state index < -0.39 is 18.0 Å². The maximum absolute atomic E-state index is 15.1. The molecule has 0 aliphatic heterocycles. The van der Waals surface area contributed by atoms with Crippen molar-refractivity contribution in [3.8, 4) is 23.0 Å². The highest BCUT2D eigenvalue weighted by atomic mass is 19.1. The van der Waals surface area contributed by atoms with Gasteiger partial charge in [-0.2, -0.15) is 10.2 Å². The number of hydrogen-bond donors (Lipinski definition) is 3. The van der Waals surface area contributed by atoms with Crippen LogP contribution in [0.15, 0.2) is 65.7 Å². The number of fused-ring (bicyclic) bond motifs is 1. The number of aryl methyl sites for hydroxylation is 1. The number of benzene rings is 2. The van der Waals surface area contributed by atoms with Crippen LogP contribution in [0.2, 0.25) is 0 Å². The van der Waals surface area contributed by atoms with Crippen LogP contribution in [0, 0.1) is 17.1 Å². The van der Waals surface area contributed by atoms with Crippen molar-refractivity contribution in [1.29, 1.82) is 5.26 Å². The minimum absolute atomic E-state index is 0.00793. The molecule has 3 aromatic heterocycles. The first kappa shape index (κ1) is 24.3. The Labute approximate surface area is 222 Å². The molecule has 3 heterocycles. The topological polar surface area (TPSA) is 135 Å². The van der Waals surface area contributed by atoms with Gasteiger partial charge < -0.3 is 20.7 Å². The fraction of sp³-hybridized carbons (Fsp3) is 0.172. The summed E-state index contributed by atoms with van der Waals surface area (Å²) in [6.07, 6.45) is 5.39. The molecular formula is C29H24FN7O2. The normalized spacial score (nSPS) is 13.0. The number of aromatic nitrogens is 4. The van der Waals surface area contributed by atoms with Crippen molar-refractivity contribution in [2.75, 3.05) is 11.1 Å². The molecule has 1 saturated carbocycles. The Morgan fingerprint density at radius 3 is 2.74 bits per heavy atom. The number of hydrogen-bond acceptors (Lipinski definition) is 7. The predicted octanol–water partition coefficient (Wildman–Crippen LogP) is 4.49. The third kappa shape index (κ3) is 4.39. The van der Waals surface area contributed by atoms with Crippen molar-refractivity contribution in [2.45, 2.75) is 25.4 Å². The molecule has 0 atom stereocenters. The first-order chi connectivity index (χ1) is 18.9. The minimum Gasteiger partial charge on any atom is -0.392 e. The highest BCUT2D eigenvalue weighted by Crippen LogP contribution is 2.41. The monoisotopic (exact) mass is 521 g/mol. The lowest BCUT2D eigenvalue weighted by Gasteiger charge is -2.16. The zero-order chi connectivity index (χ0) is 27.3. The summed E-state index contributed by atoms with van der Waals surface area (Å²) in [6, 6.07) is 15.6. The lowest BCUT2D eigenvalue weighted by atomic mass is 10.0. The Kier molecular flexibility index (Phi) is 5.85. The average Bonchev–Trinajstić information content (AvgIpc) is 3.71. The molecule has 0 radical (unpaired) electrons. The molecule has 0 unspecified atom stereocenters. The quantitative estimate of drug-likeness (QED) is 0.300. The minimum atomic E-state index is -0.546. The third-order valence-electron chi connectivity index (χ3n) is 6.99. The lowest BCUT2D eigenvalue weighted by Crippen LogP contribution is -2.20. The van der Waals surface area contributed by atoms with Crippen LogP contribution in [-0.4, -0.2) is 24.2 Å². The molecule has 10 heteroatoms. The van der Waals surface area contributed by atoms with Crippen LogP contribution in [0.3, 0.4) is 0 Å². The van der Waals surface area contributed by atoms with Crippen molar-refractivity contribution in [3.05, 3.63) is 93.9 Å². The number of pyridine rings is 1. The fourth-order valence-electron chi connectivity index (χ4n) is 4.93. The number of nitrogen functional groups attached to an aromatic ring is 1. The van der Waals surface area contributed by atoms with Crippen LogP contribution in [0.25, 0.3) is 27.7 Å². The average molecular weight is 522 g/mol. The zero-order valence-electron chi connectivity index (χ0n) is 21.0. The SMILES string of the molecule is Cn1cc(Nc2nc(N)cc(-c3cccc(-n4ccc5cc(C6CC6)cc(F)c5c4=O)c3CO)n2)cc1C#N. The van der Waals surface area contributed by atoms with Crippen molar-refractivity contribution in [3.63, 3.8) is 0 Å². The number of aliphatic hydroxyl groups excluding tert-OH is 1. The molecule has 9 nitrogen and oxygen atoms in total. The van der Waals surface area contributed by atoms with E-state index in [9.17, 15) is 15.2 Å². The van der Waals surface area contributed by atoms with Crippen molar-refractivity contribution >= 4 is 28.2 Å². The first-order valence-corrected chi connectivity index (χ1v) is 12.4. The maximum atomic E-state index is 15.1. The number of nitrogens with zero attached hydrogens (tertiary/aromatic N) is 5. The van der Waals surface area contributed by atoms with Crippen LogP contribution in [-0.2, 0) is 13.7 Å². The molecule has 0 spiro atoms. The summed E-state index contributed by atoms with van der Waals surface area (Å²) >= 11 is 0. The largest absolute Gasteiger partial charge is 0.392 e. The molecule has 6 rings (SSSR count). The number of rotatable bonds is 6. The van der Waals surface area contributed by atoms with Gasteiger partial charge in [0.05, 0.1) is 29.1 Å². The summed E-state index contributed by atoms with van der Waals surface area (Å²) < 4.78 is 18.1. The van der Waals surface area contributed by atoms with Crippen LogP contribution in [0.4, 0.5) is 21.8 Å².